The van der Waals surface area contributed by atoms with Crippen LogP contribution in [0.5, 0.6) is 0 Å². The van der Waals surface area contributed by atoms with E-state index in [-0.39, 0.29) is 24.1 Å². The van der Waals surface area contributed by atoms with E-state index in [0.29, 0.717) is 23.3 Å². The molecule has 0 radical (unpaired) electrons. The van der Waals surface area contributed by atoms with Crippen molar-refractivity contribution in [3.8, 4) is 6.07 Å². The third kappa shape index (κ3) is 3.69. The van der Waals surface area contributed by atoms with Gasteiger partial charge >= 0.3 is 0 Å². The highest BCUT2D eigenvalue weighted by Gasteiger charge is 2.32. The van der Waals surface area contributed by atoms with Gasteiger partial charge < -0.3 is 10.1 Å². The number of nitro benzene ring substituents is 1. The van der Waals surface area contributed by atoms with Crippen molar-refractivity contribution in [2.24, 2.45) is 5.92 Å². The number of carbonyl (C=O) groups excluding carboxylic acids is 1. The summed E-state index contributed by atoms with van der Waals surface area (Å²) in [7, 11) is 0. The second-order valence-electron chi connectivity index (χ2n) is 6.06. The van der Waals surface area contributed by atoms with Gasteiger partial charge in [-0.15, -0.1) is 0 Å². The predicted molar refractivity (Wildman–Crippen MR) is 91.2 cm³/mol. The summed E-state index contributed by atoms with van der Waals surface area (Å²) >= 11 is 0. The molecule has 0 saturated heterocycles. The SMILES string of the molecule is CC1=C(C(C)C)C(c2cccc([N+](=O)[O-])c2)C(COC=O)=C(C#N)N1. The van der Waals surface area contributed by atoms with E-state index in [4.69, 9.17) is 4.74 Å². The first-order valence-corrected chi connectivity index (χ1v) is 7.81. The average molecular weight is 341 g/mol. The molecule has 0 fully saturated rings. The van der Waals surface area contributed by atoms with Crippen LogP contribution in [0.15, 0.2) is 46.8 Å². The number of carbonyl (C=O) groups is 1. The fourth-order valence-corrected chi connectivity index (χ4v) is 3.23. The summed E-state index contributed by atoms with van der Waals surface area (Å²) < 4.78 is 4.91. The van der Waals surface area contributed by atoms with Gasteiger partial charge in [-0.1, -0.05) is 26.0 Å². The molecule has 1 heterocycles. The number of ether oxygens (including phenoxy) is 1. The molecule has 1 aromatic carbocycles. The molecule has 0 aromatic heterocycles. The van der Waals surface area contributed by atoms with Crippen molar-refractivity contribution < 1.29 is 14.5 Å². The van der Waals surface area contributed by atoms with Gasteiger partial charge in [0.25, 0.3) is 12.2 Å². The molecule has 1 aliphatic rings. The molecule has 130 valence electrons. The van der Waals surface area contributed by atoms with E-state index in [9.17, 15) is 20.2 Å². The molecule has 25 heavy (non-hydrogen) atoms. The fraction of sp³-hybridized carbons (Fsp3) is 0.333. The molecule has 1 N–H and O–H groups in total. The molecule has 7 nitrogen and oxygen atoms in total. The third-order valence-corrected chi connectivity index (χ3v) is 4.18. The molecule has 1 aromatic rings. The van der Waals surface area contributed by atoms with Gasteiger partial charge in [0, 0.05) is 29.3 Å². The number of nitrogens with one attached hydrogen (secondary N) is 1. The first-order chi connectivity index (χ1) is 11.9. The summed E-state index contributed by atoms with van der Waals surface area (Å²) in [6, 6.07) is 8.42. The maximum Gasteiger partial charge on any atom is 0.293 e. The van der Waals surface area contributed by atoms with Crippen LogP contribution in [0.25, 0.3) is 0 Å². The molecule has 7 heteroatoms. The monoisotopic (exact) mass is 341 g/mol. The number of rotatable bonds is 6. The Morgan fingerprint density at radius 1 is 1.48 bits per heavy atom. The number of benzene rings is 1. The van der Waals surface area contributed by atoms with Gasteiger partial charge in [-0.3, -0.25) is 14.9 Å². The zero-order chi connectivity index (χ0) is 18.6. The van der Waals surface area contributed by atoms with Crippen LogP contribution in [-0.2, 0) is 9.53 Å². The van der Waals surface area contributed by atoms with Crippen LogP contribution in [0.2, 0.25) is 0 Å². The second-order valence-corrected chi connectivity index (χ2v) is 6.06. The molecule has 0 aliphatic carbocycles. The molecule has 0 amide bonds. The van der Waals surface area contributed by atoms with Crippen LogP contribution in [0.4, 0.5) is 5.69 Å². The average Bonchev–Trinajstić information content (AvgIpc) is 2.59. The normalized spacial score (nSPS) is 17.2. The van der Waals surface area contributed by atoms with E-state index in [2.05, 4.69) is 11.4 Å². The number of allylic oxidation sites excluding steroid dienone is 3. The van der Waals surface area contributed by atoms with E-state index in [1.165, 1.54) is 12.1 Å². The lowest BCUT2D eigenvalue weighted by Crippen LogP contribution is -2.29. The van der Waals surface area contributed by atoms with Gasteiger partial charge in [0.05, 0.1) is 4.92 Å². The first-order valence-electron chi connectivity index (χ1n) is 7.81. The summed E-state index contributed by atoms with van der Waals surface area (Å²) in [5.74, 6) is -0.237. The molecular weight excluding hydrogens is 322 g/mol. The fourth-order valence-electron chi connectivity index (χ4n) is 3.23. The van der Waals surface area contributed by atoms with Crippen LogP contribution in [0.1, 0.15) is 32.3 Å². The molecule has 0 saturated carbocycles. The van der Waals surface area contributed by atoms with Crippen molar-refractivity contribution in [3.63, 3.8) is 0 Å². The number of hydrogen-bond donors (Lipinski definition) is 1. The van der Waals surface area contributed by atoms with Gasteiger partial charge in [0.2, 0.25) is 0 Å². The quantitative estimate of drug-likeness (QED) is 0.484. The van der Waals surface area contributed by atoms with Crippen LogP contribution in [0.3, 0.4) is 0 Å². The lowest BCUT2D eigenvalue weighted by molar-refractivity contribution is -0.384. The Kier molecular flexibility index (Phi) is 5.55. The third-order valence-electron chi connectivity index (χ3n) is 4.18. The topological polar surface area (TPSA) is 105 Å². The lowest BCUT2D eigenvalue weighted by Gasteiger charge is -2.33. The van der Waals surface area contributed by atoms with Crippen molar-refractivity contribution in [2.75, 3.05) is 6.61 Å². The summed E-state index contributed by atoms with van der Waals surface area (Å²) in [4.78, 5) is 21.3. The maximum atomic E-state index is 11.1. The number of hydrogen-bond acceptors (Lipinski definition) is 6. The predicted octanol–water partition coefficient (Wildman–Crippen LogP) is 3.16. The van der Waals surface area contributed by atoms with E-state index >= 15 is 0 Å². The Labute approximate surface area is 145 Å². The van der Waals surface area contributed by atoms with Gasteiger partial charge in [-0.2, -0.15) is 5.26 Å². The Balaban J connectivity index is 2.67. The summed E-state index contributed by atoms with van der Waals surface area (Å²) in [5.41, 5.74) is 3.40. The van der Waals surface area contributed by atoms with E-state index in [1.54, 1.807) is 12.1 Å². The van der Waals surface area contributed by atoms with E-state index in [1.807, 2.05) is 20.8 Å². The van der Waals surface area contributed by atoms with Crippen molar-refractivity contribution in [2.45, 2.75) is 26.7 Å². The van der Waals surface area contributed by atoms with Crippen LogP contribution in [0, 0.1) is 27.4 Å². The number of nitrogens with zero attached hydrogens (tertiary/aromatic N) is 2. The number of non-ortho nitro benzene ring substituents is 1. The molecule has 0 bridgehead atoms. The Hall–Kier alpha value is -3.14. The lowest BCUT2D eigenvalue weighted by atomic mass is 9.76. The van der Waals surface area contributed by atoms with Gasteiger partial charge in [-0.05, 0) is 24.0 Å². The van der Waals surface area contributed by atoms with Crippen molar-refractivity contribution >= 4 is 12.2 Å². The molecule has 1 aliphatic heterocycles. The van der Waals surface area contributed by atoms with Crippen molar-refractivity contribution in [1.29, 1.82) is 5.26 Å². The van der Waals surface area contributed by atoms with E-state index < -0.39 is 4.92 Å². The number of dihydropyridines is 1. The van der Waals surface area contributed by atoms with Gasteiger partial charge in [0.1, 0.15) is 18.4 Å². The van der Waals surface area contributed by atoms with Crippen LogP contribution < -0.4 is 5.32 Å². The smallest absolute Gasteiger partial charge is 0.293 e. The summed E-state index contributed by atoms with van der Waals surface area (Å²) in [5, 5.41) is 23.7. The summed E-state index contributed by atoms with van der Waals surface area (Å²) in [6.07, 6.45) is 0. The summed E-state index contributed by atoms with van der Waals surface area (Å²) in [6.45, 7) is 6.16. The minimum absolute atomic E-state index is 0.0223. The zero-order valence-electron chi connectivity index (χ0n) is 14.3. The van der Waals surface area contributed by atoms with Gasteiger partial charge in [-0.25, -0.2) is 0 Å². The molecule has 1 unspecified atom stereocenters. The Bertz CT molecular complexity index is 803. The second kappa shape index (κ2) is 7.62. The van der Waals surface area contributed by atoms with E-state index in [0.717, 1.165) is 11.3 Å². The van der Waals surface area contributed by atoms with Gasteiger partial charge in [0.15, 0.2) is 0 Å². The Morgan fingerprint density at radius 2 is 2.20 bits per heavy atom. The number of nitro groups is 1. The molecular formula is C18H19N3O4. The zero-order valence-corrected chi connectivity index (χ0v) is 14.3. The molecule has 0 spiro atoms. The van der Waals surface area contributed by atoms with Crippen LogP contribution >= 0.6 is 0 Å². The van der Waals surface area contributed by atoms with Crippen molar-refractivity contribution in [1.82, 2.24) is 5.32 Å². The highest BCUT2D eigenvalue weighted by molar-refractivity contribution is 5.52. The minimum Gasteiger partial charge on any atom is -0.463 e. The van der Waals surface area contributed by atoms with Crippen LogP contribution in [-0.4, -0.2) is 18.0 Å². The molecule has 2 rings (SSSR count). The largest absolute Gasteiger partial charge is 0.463 e. The highest BCUT2D eigenvalue weighted by atomic mass is 16.6. The van der Waals surface area contributed by atoms with Crippen molar-refractivity contribution in [3.05, 3.63) is 62.5 Å². The minimum atomic E-state index is -0.452. The number of nitriles is 1. The highest BCUT2D eigenvalue weighted by Crippen LogP contribution is 2.42. The standard InChI is InChI=1S/C18H19N3O4/c1-11(2)17-12(3)20-16(8-19)15(9-25-10-22)18(17)13-5-4-6-14(7-13)21(23)24/h4-7,10-11,18,20H,9H2,1-3H3. The molecule has 1 atom stereocenters. The Morgan fingerprint density at radius 3 is 2.76 bits per heavy atom. The first kappa shape index (κ1) is 18.2. The maximum absolute atomic E-state index is 11.1.